The number of hydrogen-bond acceptors (Lipinski definition) is 3. The maximum atomic E-state index is 12.8. The van der Waals surface area contributed by atoms with Gasteiger partial charge in [0.25, 0.3) is 5.91 Å². The minimum absolute atomic E-state index is 0.0622. The van der Waals surface area contributed by atoms with Crippen molar-refractivity contribution in [1.82, 2.24) is 14.4 Å². The summed E-state index contributed by atoms with van der Waals surface area (Å²) in [5, 5.41) is 9.28. The third-order valence-corrected chi connectivity index (χ3v) is 5.11. The van der Waals surface area contributed by atoms with Crippen LogP contribution in [0, 0.1) is 13.8 Å². The van der Waals surface area contributed by atoms with E-state index in [2.05, 4.69) is 11.9 Å². The summed E-state index contributed by atoms with van der Waals surface area (Å²) in [7, 11) is 2.07. The van der Waals surface area contributed by atoms with E-state index in [9.17, 15) is 14.7 Å². The molecule has 6 heteroatoms. The smallest absolute Gasteiger partial charge is 0.337 e. The van der Waals surface area contributed by atoms with Gasteiger partial charge in [0.2, 0.25) is 0 Å². The number of carbonyl (C=O) groups is 2. The van der Waals surface area contributed by atoms with Gasteiger partial charge in [0.1, 0.15) is 0 Å². The second-order valence-corrected chi connectivity index (χ2v) is 6.97. The van der Waals surface area contributed by atoms with Crippen molar-refractivity contribution in [2.24, 2.45) is 0 Å². The molecule has 1 N–H and O–H groups in total. The first-order valence-electron chi connectivity index (χ1n) is 8.83. The number of benzene rings is 1. The van der Waals surface area contributed by atoms with Crippen molar-refractivity contribution in [3.05, 3.63) is 58.4 Å². The second-order valence-electron chi connectivity index (χ2n) is 6.97. The zero-order valence-corrected chi connectivity index (χ0v) is 15.5. The molecule has 138 valence electrons. The molecule has 0 atom stereocenters. The van der Waals surface area contributed by atoms with E-state index in [-0.39, 0.29) is 5.91 Å². The van der Waals surface area contributed by atoms with E-state index in [1.54, 1.807) is 6.07 Å². The number of hydrogen-bond donors (Lipinski definition) is 1. The highest BCUT2D eigenvalue weighted by Crippen LogP contribution is 2.18. The lowest BCUT2D eigenvalue weighted by Crippen LogP contribution is -2.47. The first kappa shape index (κ1) is 18.2. The molecule has 1 aliphatic rings. The second kappa shape index (κ2) is 7.33. The molecule has 3 rings (SSSR count). The standard InChI is InChI=1S/C20H25N3O3/c1-14-11-18(20(25)26)15(2)23(14)13-16-5-4-6-17(12-16)19(24)22-9-7-21(3)8-10-22/h4-6,11-12H,7-10,13H2,1-3H3,(H,25,26). The molecule has 0 aliphatic carbocycles. The van der Waals surface area contributed by atoms with Crippen molar-refractivity contribution in [3.8, 4) is 0 Å². The number of carbonyl (C=O) groups excluding carboxylic acids is 1. The number of aromatic carboxylic acids is 1. The number of piperazine rings is 1. The lowest BCUT2D eigenvalue weighted by atomic mass is 10.1. The molecule has 1 fully saturated rings. The van der Waals surface area contributed by atoms with E-state index in [1.807, 2.05) is 47.6 Å². The van der Waals surface area contributed by atoms with Gasteiger partial charge < -0.3 is 19.5 Å². The molecule has 1 aromatic heterocycles. The van der Waals surface area contributed by atoms with Crippen LogP contribution in [0.3, 0.4) is 0 Å². The van der Waals surface area contributed by atoms with Gasteiger partial charge >= 0.3 is 5.97 Å². The number of rotatable bonds is 4. The molecule has 0 saturated carbocycles. The number of nitrogens with zero attached hydrogens (tertiary/aromatic N) is 3. The number of aromatic nitrogens is 1. The summed E-state index contributed by atoms with van der Waals surface area (Å²) in [5.41, 5.74) is 3.63. The lowest BCUT2D eigenvalue weighted by Gasteiger charge is -2.32. The number of amides is 1. The predicted octanol–water partition coefficient (Wildman–Crippen LogP) is 2.24. The van der Waals surface area contributed by atoms with Gasteiger partial charge in [-0.15, -0.1) is 0 Å². The Labute approximate surface area is 153 Å². The van der Waals surface area contributed by atoms with Crippen LogP contribution in [-0.2, 0) is 6.54 Å². The van der Waals surface area contributed by atoms with Crippen LogP contribution in [0.15, 0.2) is 30.3 Å². The van der Waals surface area contributed by atoms with Crippen molar-refractivity contribution in [2.75, 3.05) is 33.2 Å². The third kappa shape index (κ3) is 3.65. The summed E-state index contributed by atoms with van der Waals surface area (Å²) in [4.78, 5) is 28.2. The van der Waals surface area contributed by atoms with Crippen LogP contribution in [0.25, 0.3) is 0 Å². The molecule has 2 aromatic rings. The van der Waals surface area contributed by atoms with Crippen LogP contribution < -0.4 is 0 Å². The molecule has 0 unspecified atom stereocenters. The Balaban J connectivity index is 1.80. The Morgan fingerprint density at radius 2 is 1.77 bits per heavy atom. The highest BCUT2D eigenvalue weighted by atomic mass is 16.4. The fourth-order valence-corrected chi connectivity index (χ4v) is 3.44. The van der Waals surface area contributed by atoms with E-state index in [1.165, 1.54) is 0 Å². The third-order valence-electron chi connectivity index (χ3n) is 5.11. The van der Waals surface area contributed by atoms with Crippen molar-refractivity contribution in [2.45, 2.75) is 20.4 Å². The normalized spacial score (nSPS) is 15.3. The Hall–Kier alpha value is -2.60. The quantitative estimate of drug-likeness (QED) is 0.913. The molecular formula is C20H25N3O3. The van der Waals surface area contributed by atoms with Gasteiger partial charge in [0, 0.05) is 49.7 Å². The Bertz CT molecular complexity index is 833. The average molecular weight is 355 g/mol. The molecule has 0 spiro atoms. The summed E-state index contributed by atoms with van der Waals surface area (Å²) in [6, 6.07) is 9.32. The molecule has 0 radical (unpaired) electrons. The highest BCUT2D eigenvalue weighted by molar-refractivity contribution is 5.94. The Morgan fingerprint density at radius 1 is 1.08 bits per heavy atom. The number of carboxylic acids is 1. The zero-order valence-electron chi connectivity index (χ0n) is 15.5. The fourth-order valence-electron chi connectivity index (χ4n) is 3.44. The van der Waals surface area contributed by atoms with Gasteiger partial charge in [-0.3, -0.25) is 4.79 Å². The Kier molecular flexibility index (Phi) is 5.13. The van der Waals surface area contributed by atoms with Crippen LogP contribution >= 0.6 is 0 Å². The predicted molar refractivity (Wildman–Crippen MR) is 99.8 cm³/mol. The minimum Gasteiger partial charge on any atom is -0.478 e. The summed E-state index contributed by atoms with van der Waals surface area (Å²) < 4.78 is 1.98. The Morgan fingerprint density at radius 3 is 2.38 bits per heavy atom. The van der Waals surface area contributed by atoms with E-state index < -0.39 is 5.97 Å². The topological polar surface area (TPSA) is 65.8 Å². The van der Waals surface area contributed by atoms with Gasteiger partial charge in [0.15, 0.2) is 0 Å². The van der Waals surface area contributed by atoms with Crippen LogP contribution in [0.2, 0.25) is 0 Å². The van der Waals surface area contributed by atoms with Crippen LogP contribution in [0.1, 0.15) is 37.7 Å². The average Bonchev–Trinajstić information content (AvgIpc) is 2.90. The molecule has 1 saturated heterocycles. The summed E-state index contributed by atoms with van der Waals surface area (Å²) in [6.07, 6.45) is 0. The van der Waals surface area contributed by atoms with Gasteiger partial charge in [-0.1, -0.05) is 12.1 Å². The van der Waals surface area contributed by atoms with Crippen LogP contribution in [0.5, 0.6) is 0 Å². The van der Waals surface area contributed by atoms with Gasteiger partial charge in [-0.2, -0.15) is 0 Å². The molecule has 6 nitrogen and oxygen atoms in total. The van der Waals surface area contributed by atoms with Crippen LogP contribution in [-0.4, -0.2) is 64.6 Å². The van der Waals surface area contributed by atoms with E-state index in [4.69, 9.17) is 0 Å². The maximum Gasteiger partial charge on any atom is 0.337 e. The van der Waals surface area contributed by atoms with Crippen molar-refractivity contribution < 1.29 is 14.7 Å². The fraction of sp³-hybridized carbons (Fsp3) is 0.400. The van der Waals surface area contributed by atoms with Gasteiger partial charge in [0.05, 0.1) is 5.56 Å². The van der Waals surface area contributed by atoms with E-state index in [0.29, 0.717) is 17.7 Å². The summed E-state index contributed by atoms with van der Waals surface area (Å²) in [5.74, 6) is -0.851. The number of likely N-dealkylation sites (N-methyl/N-ethyl adjacent to an activating group) is 1. The first-order valence-corrected chi connectivity index (χ1v) is 8.83. The van der Waals surface area contributed by atoms with Crippen LogP contribution in [0.4, 0.5) is 0 Å². The lowest BCUT2D eigenvalue weighted by molar-refractivity contribution is 0.0662. The molecule has 1 aromatic carbocycles. The maximum absolute atomic E-state index is 12.8. The van der Waals surface area contributed by atoms with Crippen molar-refractivity contribution in [1.29, 1.82) is 0 Å². The molecule has 1 aliphatic heterocycles. The van der Waals surface area contributed by atoms with Gasteiger partial charge in [-0.05, 0) is 44.7 Å². The van der Waals surface area contributed by atoms with E-state index >= 15 is 0 Å². The SMILES string of the molecule is Cc1cc(C(=O)O)c(C)n1Cc1cccc(C(=O)N2CCN(C)CC2)c1. The number of aryl methyl sites for hydroxylation is 1. The highest BCUT2D eigenvalue weighted by Gasteiger charge is 2.21. The molecule has 1 amide bonds. The largest absolute Gasteiger partial charge is 0.478 e. The molecular weight excluding hydrogens is 330 g/mol. The van der Waals surface area contributed by atoms with Crippen molar-refractivity contribution >= 4 is 11.9 Å². The van der Waals surface area contributed by atoms with E-state index in [0.717, 1.165) is 43.1 Å². The van der Waals surface area contributed by atoms with Gasteiger partial charge in [-0.25, -0.2) is 4.79 Å². The zero-order chi connectivity index (χ0) is 18.8. The molecule has 26 heavy (non-hydrogen) atoms. The summed E-state index contributed by atoms with van der Waals surface area (Å²) >= 11 is 0. The first-order chi connectivity index (χ1) is 12.4. The molecule has 2 heterocycles. The monoisotopic (exact) mass is 355 g/mol. The molecule has 0 bridgehead atoms. The number of carboxylic acid groups (broad SMARTS) is 1. The summed E-state index contributed by atoms with van der Waals surface area (Å²) in [6.45, 7) is 7.55. The minimum atomic E-state index is -0.914. The van der Waals surface area contributed by atoms with Crippen molar-refractivity contribution in [3.63, 3.8) is 0 Å².